The Hall–Kier alpha value is -3.25. The molecule has 4 unspecified atom stereocenters. The molecule has 2 aromatic rings. The molecule has 0 bridgehead atoms. The largest absolute Gasteiger partial charge is 0.378 e. The van der Waals surface area contributed by atoms with Crippen LogP contribution < -0.4 is 5.73 Å². The Labute approximate surface area is 188 Å². The smallest absolute Gasteiger partial charge is 0.239 e. The average Bonchev–Trinajstić information content (AvgIpc) is 3.38. The Bertz CT molecular complexity index is 1190. The molecule has 1 saturated carbocycles. The van der Waals surface area contributed by atoms with Gasteiger partial charge < -0.3 is 10.6 Å². The number of fused-ring (bicyclic) bond motifs is 1. The standard InChI is InChI=1S/C23H21F2N5OS/c1-12-19-20(29-22(27)32-23(12,19)21(31)30(2)3)15-8-13(4-6-16(15)24)9-17(25)18-7-5-14(10-26)11-28-18/h4-9,11-12,19-20H,1-3H3,(H2,27,29)/b17-9-. The number of pyridine rings is 1. The second-order valence-corrected chi connectivity index (χ2v) is 9.44. The molecule has 9 heteroatoms. The van der Waals surface area contributed by atoms with Gasteiger partial charge in [0.25, 0.3) is 0 Å². The molecule has 1 aromatic heterocycles. The first-order valence-electron chi connectivity index (χ1n) is 9.96. The lowest BCUT2D eigenvalue weighted by molar-refractivity contribution is -0.129. The van der Waals surface area contributed by atoms with Gasteiger partial charge in [0, 0.05) is 31.8 Å². The third kappa shape index (κ3) is 3.54. The summed E-state index contributed by atoms with van der Waals surface area (Å²) in [6, 6.07) is 8.42. The second-order valence-electron chi connectivity index (χ2n) is 8.14. The number of benzene rings is 1. The summed E-state index contributed by atoms with van der Waals surface area (Å²) in [6.45, 7) is 1.94. The molecule has 164 valence electrons. The molecule has 4 atom stereocenters. The van der Waals surface area contributed by atoms with E-state index >= 15 is 0 Å². The fourth-order valence-electron chi connectivity index (χ4n) is 4.34. The summed E-state index contributed by atoms with van der Waals surface area (Å²) in [4.78, 5) is 22.8. The zero-order chi connectivity index (χ0) is 23.2. The molecule has 2 N–H and O–H groups in total. The lowest BCUT2D eigenvalue weighted by Crippen LogP contribution is -2.39. The van der Waals surface area contributed by atoms with Crippen molar-refractivity contribution in [2.45, 2.75) is 17.7 Å². The number of carbonyl (C=O) groups excluding carboxylic acids is 1. The Morgan fingerprint density at radius 1 is 1.34 bits per heavy atom. The topological polar surface area (TPSA) is 95.4 Å². The first kappa shape index (κ1) is 22.0. The minimum Gasteiger partial charge on any atom is -0.378 e. The van der Waals surface area contributed by atoms with Gasteiger partial charge in [0.05, 0.1) is 17.3 Å². The molecule has 1 aliphatic carbocycles. The molecule has 2 heterocycles. The highest BCUT2D eigenvalue weighted by Crippen LogP contribution is 2.68. The van der Waals surface area contributed by atoms with Crippen LogP contribution in [0, 0.1) is 29.0 Å². The van der Waals surface area contributed by atoms with Crippen molar-refractivity contribution >= 4 is 34.7 Å². The Morgan fingerprint density at radius 3 is 2.72 bits per heavy atom. The maximum atomic E-state index is 14.9. The molecular formula is C23H21F2N5OS. The number of thioether (sulfide) groups is 1. The minimum atomic E-state index is -0.768. The van der Waals surface area contributed by atoms with Gasteiger partial charge in [-0.25, -0.2) is 8.78 Å². The lowest BCUT2D eigenvalue weighted by Gasteiger charge is -2.27. The maximum Gasteiger partial charge on any atom is 0.239 e. The number of aromatic nitrogens is 1. The van der Waals surface area contributed by atoms with E-state index in [4.69, 9.17) is 11.0 Å². The predicted octanol–water partition coefficient (Wildman–Crippen LogP) is 3.76. The Balaban J connectivity index is 1.69. The quantitative estimate of drug-likeness (QED) is 0.761. The molecule has 4 rings (SSSR count). The highest BCUT2D eigenvalue weighted by Gasteiger charge is 2.73. The minimum absolute atomic E-state index is 0.0459. The molecule has 1 aromatic carbocycles. The van der Waals surface area contributed by atoms with E-state index in [1.165, 1.54) is 59.3 Å². The van der Waals surface area contributed by atoms with Crippen LogP contribution in [-0.4, -0.2) is 39.8 Å². The summed E-state index contributed by atoms with van der Waals surface area (Å²) >= 11 is 1.24. The highest BCUT2D eigenvalue weighted by molar-refractivity contribution is 8.15. The summed E-state index contributed by atoms with van der Waals surface area (Å²) in [5.74, 6) is -1.44. The average molecular weight is 454 g/mol. The lowest BCUT2D eigenvalue weighted by atomic mass is 9.97. The van der Waals surface area contributed by atoms with Crippen LogP contribution in [0.25, 0.3) is 11.9 Å². The number of aliphatic imine (C=N–C) groups is 1. The number of hydrogen-bond acceptors (Lipinski definition) is 6. The van der Waals surface area contributed by atoms with Gasteiger partial charge >= 0.3 is 0 Å². The van der Waals surface area contributed by atoms with Gasteiger partial charge in [-0.1, -0.05) is 24.8 Å². The van der Waals surface area contributed by atoms with Crippen molar-refractivity contribution in [3.05, 3.63) is 64.7 Å². The molecule has 0 saturated heterocycles. The number of nitrogens with two attached hydrogens (primary N) is 1. The number of halogens is 2. The van der Waals surface area contributed by atoms with Crippen molar-refractivity contribution in [1.82, 2.24) is 9.88 Å². The number of nitrogens with zero attached hydrogens (tertiary/aromatic N) is 4. The van der Waals surface area contributed by atoms with Crippen LogP contribution in [0.3, 0.4) is 0 Å². The molecule has 1 fully saturated rings. The summed E-state index contributed by atoms with van der Waals surface area (Å²) in [5, 5.41) is 9.08. The predicted molar refractivity (Wildman–Crippen MR) is 120 cm³/mol. The molecule has 32 heavy (non-hydrogen) atoms. The van der Waals surface area contributed by atoms with Crippen molar-refractivity contribution in [3.8, 4) is 6.07 Å². The van der Waals surface area contributed by atoms with E-state index in [1.54, 1.807) is 14.1 Å². The monoisotopic (exact) mass is 453 g/mol. The number of amidine groups is 1. The van der Waals surface area contributed by atoms with Crippen molar-refractivity contribution in [2.24, 2.45) is 22.6 Å². The molecular weight excluding hydrogens is 432 g/mol. The first-order chi connectivity index (χ1) is 15.2. The molecule has 1 amide bonds. The van der Waals surface area contributed by atoms with E-state index < -0.39 is 22.4 Å². The van der Waals surface area contributed by atoms with Crippen molar-refractivity contribution in [3.63, 3.8) is 0 Å². The third-order valence-corrected chi connectivity index (χ3v) is 7.46. The molecule has 0 radical (unpaired) electrons. The normalized spacial score (nSPS) is 26.6. The van der Waals surface area contributed by atoms with Gasteiger partial charge in [0.2, 0.25) is 5.91 Å². The van der Waals surface area contributed by atoms with Gasteiger partial charge in [-0.3, -0.25) is 14.8 Å². The van der Waals surface area contributed by atoms with Crippen LogP contribution in [-0.2, 0) is 4.79 Å². The number of rotatable bonds is 4. The van der Waals surface area contributed by atoms with Crippen LogP contribution in [0.1, 0.15) is 35.3 Å². The fourth-order valence-corrected chi connectivity index (χ4v) is 5.86. The van der Waals surface area contributed by atoms with Gasteiger partial charge in [-0.15, -0.1) is 0 Å². The van der Waals surface area contributed by atoms with Gasteiger partial charge in [0.15, 0.2) is 5.17 Å². The van der Waals surface area contributed by atoms with Crippen LogP contribution in [0.2, 0.25) is 0 Å². The Kier molecular flexibility index (Phi) is 5.51. The highest BCUT2D eigenvalue weighted by atomic mass is 32.2. The maximum absolute atomic E-state index is 14.9. The van der Waals surface area contributed by atoms with E-state index in [0.29, 0.717) is 11.1 Å². The van der Waals surface area contributed by atoms with E-state index in [0.717, 1.165) is 0 Å². The first-order valence-corrected chi connectivity index (χ1v) is 10.8. The van der Waals surface area contributed by atoms with Crippen LogP contribution >= 0.6 is 11.8 Å². The zero-order valence-electron chi connectivity index (χ0n) is 17.7. The Morgan fingerprint density at radius 2 is 2.09 bits per heavy atom. The summed E-state index contributed by atoms with van der Waals surface area (Å²) < 4.78 is 28.8. The second kappa shape index (κ2) is 8.02. The number of carbonyl (C=O) groups is 1. The number of amides is 1. The molecule has 6 nitrogen and oxygen atoms in total. The zero-order valence-corrected chi connectivity index (χ0v) is 18.5. The van der Waals surface area contributed by atoms with E-state index in [-0.39, 0.29) is 34.2 Å². The van der Waals surface area contributed by atoms with Crippen LogP contribution in [0.15, 0.2) is 41.5 Å². The molecule has 2 aliphatic rings. The van der Waals surface area contributed by atoms with Crippen LogP contribution in [0.5, 0.6) is 0 Å². The van der Waals surface area contributed by atoms with Gasteiger partial charge in [-0.05, 0) is 41.8 Å². The fraction of sp³-hybridized carbons (Fsp3) is 0.304. The van der Waals surface area contributed by atoms with Gasteiger partial charge in [-0.2, -0.15) is 5.26 Å². The van der Waals surface area contributed by atoms with E-state index in [2.05, 4.69) is 9.98 Å². The summed E-state index contributed by atoms with van der Waals surface area (Å²) in [6.07, 6.45) is 2.53. The van der Waals surface area contributed by atoms with Gasteiger partial charge in [0.1, 0.15) is 22.5 Å². The van der Waals surface area contributed by atoms with Crippen molar-refractivity contribution in [1.29, 1.82) is 5.26 Å². The molecule has 1 aliphatic heterocycles. The van der Waals surface area contributed by atoms with Crippen molar-refractivity contribution < 1.29 is 13.6 Å². The SMILES string of the molecule is CC1C2C(c3cc(/C=C(\F)c4ccc(C#N)cn4)ccc3F)N=C(N)SC12C(=O)N(C)C. The number of hydrogen-bond donors (Lipinski definition) is 1. The van der Waals surface area contributed by atoms with Crippen molar-refractivity contribution in [2.75, 3.05) is 14.1 Å². The number of nitriles is 1. The summed E-state index contributed by atoms with van der Waals surface area (Å²) in [7, 11) is 3.37. The summed E-state index contributed by atoms with van der Waals surface area (Å²) in [5.41, 5.74) is 7.14. The van der Waals surface area contributed by atoms with E-state index in [1.807, 2.05) is 13.0 Å². The third-order valence-electron chi connectivity index (χ3n) is 5.99. The van der Waals surface area contributed by atoms with E-state index in [9.17, 15) is 13.6 Å². The molecule has 0 spiro atoms. The van der Waals surface area contributed by atoms with Crippen LogP contribution in [0.4, 0.5) is 8.78 Å².